The number of hydrogen-bond acceptors (Lipinski definition) is 1. The van der Waals surface area contributed by atoms with Crippen LogP contribution in [0.25, 0.3) is 10.7 Å². The molecule has 4 heteroatoms. The Labute approximate surface area is 270 Å². The minimum absolute atomic E-state index is 0. The fraction of sp³-hybridized carbons (Fsp3) is 0.351. The molecule has 41 heavy (non-hydrogen) atoms. The second-order valence-electron chi connectivity index (χ2n) is 10.3. The van der Waals surface area contributed by atoms with Crippen LogP contribution in [0.3, 0.4) is 0 Å². The molecule has 0 unspecified atom stereocenters. The second-order valence-corrected chi connectivity index (χ2v) is 10.3. The van der Waals surface area contributed by atoms with Crippen molar-refractivity contribution >= 4 is 18.1 Å². The van der Waals surface area contributed by atoms with Crippen LogP contribution in [0.4, 0.5) is 5.69 Å². The molecular weight excluding hydrogens is 665 g/mol. The van der Waals surface area contributed by atoms with Crippen molar-refractivity contribution in [2.75, 3.05) is 6.54 Å². The van der Waals surface area contributed by atoms with Crippen molar-refractivity contribution in [1.29, 1.82) is 0 Å². The van der Waals surface area contributed by atoms with E-state index in [1.165, 1.54) is 35.4 Å². The topological polar surface area (TPSA) is 48.8 Å². The monoisotopic (exact) mass is 715 g/mol. The summed E-state index contributed by atoms with van der Waals surface area (Å²) >= 11 is 0. The van der Waals surface area contributed by atoms with Crippen LogP contribution >= 0.6 is 0 Å². The minimum atomic E-state index is 0. The van der Waals surface area contributed by atoms with Crippen molar-refractivity contribution in [1.82, 2.24) is 0 Å². The molecule has 0 aromatic heterocycles. The number of hydrogen-bond donors (Lipinski definition) is 0. The van der Waals surface area contributed by atoms with Gasteiger partial charge in [-0.3, -0.25) is 4.99 Å². The van der Waals surface area contributed by atoms with Crippen molar-refractivity contribution in [2.45, 2.75) is 78.6 Å². The quantitative estimate of drug-likeness (QED) is 0.101. The predicted molar refractivity (Wildman–Crippen MR) is 179 cm³/mol. The first-order valence-corrected chi connectivity index (χ1v) is 14.5. The Hall–Kier alpha value is -2.85. The minimum Gasteiger partial charge on any atom is -0.817 e. The molecule has 3 aromatic carbocycles. The van der Waals surface area contributed by atoms with E-state index in [9.17, 15) is 0 Å². The van der Waals surface area contributed by atoms with Crippen molar-refractivity contribution in [3.05, 3.63) is 137 Å². The second kappa shape index (κ2) is 22.8. The molecule has 0 N–H and O–H groups in total. The molecule has 0 amide bonds. The van der Waals surface area contributed by atoms with Crippen molar-refractivity contribution in [3.63, 3.8) is 0 Å². The van der Waals surface area contributed by atoms with Crippen LogP contribution in [0.15, 0.2) is 95.6 Å². The number of benzene rings is 3. The molecule has 1 aliphatic carbocycles. The molecule has 0 aliphatic heterocycles. The number of allylic oxidation sites excluding steroid dienone is 2. The summed E-state index contributed by atoms with van der Waals surface area (Å²) in [5.74, 6) is 0.958. The molecule has 1 aliphatic rings. The summed E-state index contributed by atoms with van der Waals surface area (Å²) in [7, 11) is 0. The van der Waals surface area contributed by atoms with Gasteiger partial charge < -0.3 is 10.7 Å². The number of nitrogens with zero attached hydrogens (tertiary/aromatic N) is 3. The van der Waals surface area contributed by atoms with Crippen LogP contribution in [0, 0.1) is 13.8 Å². The van der Waals surface area contributed by atoms with Gasteiger partial charge in [-0.15, -0.1) is 35.6 Å². The summed E-state index contributed by atoms with van der Waals surface area (Å²) < 4.78 is 0. The maximum Gasteiger partial charge on any atom is 4.00 e. The third-order valence-corrected chi connectivity index (χ3v) is 6.33. The zero-order chi connectivity index (χ0) is 29.8. The molecule has 0 bridgehead atoms. The van der Waals surface area contributed by atoms with Crippen LogP contribution in [0.5, 0.6) is 0 Å². The Bertz CT molecular complexity index is 1070. The van der Waals surface area contributed by atoms with Crippen LogP contribution in [-0.4, -0.2) is 19.0 Å². The number of para-hydroxylation sites is 1. The fourth-order valence-electron chi connectivity index (χ4n) is 4.11. The third kappa shape index (κ3) is 15.1. The first-order valence-electron chi connectivity index (χ1n) is 14.5. The van der Waals surface area contributed by atoms with E-state index in [0.29, 0.717) is 11.8 Å². The van der Waals surface area contributed by atoms with Gasteiger partial charge in [-0.25, -0.2) is 6.72 Å². The number of aliphatic imine (C=N–C) groups is 1. The Balaban J connectivity index is 0.000000763. The first kappa shape index (κ1) is 38.2. The largest absolute Gasteiger partial charge is 4.00 e. The van der Waals surface area contributed by atoms with E-state index in [2.05, 4.69) is 79.5 Å². The average molecular weight is 714 g/mol. The molecule has 0 saturated heterocycles. The summed E-state index contributed by atoms with van der Waals surface area (Å²) in [6, 6.07) is 26.4. The Morgan fingerprint density at radius 2 is 1.29 bits per heavy atom. The third-order valence-electron chi connectivity index (χ3n) is 6.33. The Kier molecular flexibility index (Phi) is 21.2. The molecule has 0 heterocycles. The van der Waals surface area contributed by atoms with Gasteiger partial charge in [-0.2, -0.15) is 49.2 Å². The number of unbranched alkanes of at least 4 members (excludes halogenated alkanes) is 1. The van der Waals surface area contributed by atoms with Gasteiger partial charge in [0.05, 0.1) is 0 Å². The van der Waals surface area contributed by atoms with Gasteiger partial charge in [0.15, 0.2) is 0 Å². The zero-order valence-electron chi connectivity index (χ0n) is 25.9. The standard InChI is InChI=1S/C22H33N2.2C7H7.CH2N.Hf/c1-6-7-15-23-20-13-8-9-14-21(20)24-22-18(16(2)3)11-10-12-19(22)17(4)5;2*1-7-5-3-2-4-6-7;1-2;/h10-12,14,16-17H,6-9,13,15H2,1-5H3;2*2-6H,1H2;1H2;/q4*-1;+4. The van der Waals surface area contributed by atoms with Gasteiger partial charge in [0.25, 0.3) is 0 Å². The van der Waals surface area contributed by atoms with Crippen LogP contribution in [-0.2, 0) is 25.8 Å². The Morgan fingerprint density at radius 1 is 0.805 bits per heavy atom. The summed E-state index contributed by atoms with van der Waals surface area (Å²) in [5, 5.41) is 11.9. The zero-order valence-corrected chi connectivity index (χ0v) is 29.5. The van der Waals surface area contributed by atoms with Crippen molar-refractivity contribution in [2.24, 2.45) is 4.99 Å². The summed E-state index contributed by atoms with van der Waals surface area (Å²) in [6.45, 7) is 21.9. The van der Waals surface area contributed by atoms with Gasteiger partial charge in [0.1, 0.15) is 0 Å². The molecule has 216 valence electrons. The smallest absolute Gasteiger partial charge is 0.817 e. The van der Waals surface area contributed by atoms with E-state index in [-0.39, 0.29) is 25.8 Å². The fourth-order valence-corrected chi connectivity index (χ4v) is 4.11. The molecular formula is C37H49HfN3. The molecule has 3 aromatic rings. The summed E-state index contributed by atoms with van der Waals surface area (Å²) in [6.07, 6.45) is 8.03. The predicted octanol–water partition coefficient (Wildman–Crippen LogP) is 11.2. The Morgan fingerprint density at radius 3 is 1.68 bits per heavy atom. The SMILES string of the molecule is C=[N-].CCCCN=C1CCCC=C1[N-]c1c(C(C)C)cccc1C(C)C.[CH2-]c1ccccc1.[CH2-]c1ccccc1.[Hf+4]. The van der Waals surface area contributed by atoms with Crippen LogP contribution < -0.4 is 0 Å². The average Bonchev–Trinajstić information content (AvgIpc) is 2.96. The van der Waals surface area contributed by atoms with E-state index in [0.717, 1.165) is 42.6 Å². The summed E-state index contributed by atoms with van der Waals surface area (Å²) in [5.41, 5.74) is 8.35. The van der Waals surface area contributed by atoms with E-state index < -0.39 is 0 Å². The maximum atomic E-state index is 6.75. The molecule has 0 atom stereocenters. The summed E-state index contributed by atoms with van der Waals surface area (Å²) in [4.78, 5) is 4.85. The molecule has 0 fully saturated rings. The van der Waals surface area contributed by atoms with E-state index in [1.54, 1.807) is 0 Å². The van der Waals surface area contributed by atoms with Gasteiger partial charge in [0, 0.05) is 12.3 Å². The van der Waals surface area contributed by atoms with Gasteiger partial charge >= 0.3 is 25.8 Å². The van der Waals surface area contributed by atoms with Crippen molar-refractivity contribution in [3.8, 4) is 0 Å². The van der Waals surface area contributed by atoms with E-state index in [1.807, 2.05) is 60.7 Å². The molecule has 3 nitrogen and oxygen atoms in total. The first-order chi connectivity index (χ1) is 19.3. The van der Waals surface area contributed by atoms with E-state index in [4.69, 9.17) is 15.7 Å². The normalized spacial score (nSPS) is 12.9. The molecule has 0 radical (unpaired) electrons. The number of rotatable bonds is 7. The van der Waals surface area contributed by atoms with Crippen LogP contribution in [0.1, 0.15) is 101 Å². The molecule has 0 saturated carbocycles. The van der Waals surface area contributed by atoms with Gasteiger partial charge in [-0.05, 0) is 37.5 Å². The van der Waals surface area contributed by atoms with Gasteiger partial charge in [-0.1, -0.05) is 88.6 Å². The van der Waals surface area contributed by atoms with Gasteiger partial charge in [0.2, 0.25) is 0 Å². The molecule has 4 rings (SSSR count). The van der Waals surface area contributed by atoms with Crippen LogP contribution in [0.2, 0.25) is 0 Å². The molecule has 0 spiro atoms. The maximum absolute atomic E-state index is 6.75. The van der Waals surface area contributed by atoms with Crippen molar-refractivity contribution < 1.29 is 25.8 Å². The van der Waals surface area contributed by atoms with E-state index >= 15 is 0 Å².